The second-order valence-corrected chi connectivity index (χ2v) is 9.13. The maximum atomic E-state index is 13.3. The molecule has 0 radical (unpaired) electrons. The zero-order chi connectivity index (χ0) is 22.6. The number of benzene rings is 2. The molecule has 1 atom stereocenters. The van der Waals surface area contributed by atoms with Crippen LogP contribution in [0.4, 0.5) is 10.5 Å². The second kappa shape index (κ2) is 7.43. The first-order valence-corrected chi connectivity index (χ1v) is 11.6. The van der Waals surface area contributed by atoms with Gasteiger partial charge in [0.1, 0.15) is 17.9 Å². The van der Waals surface area contributed by atoms with Crippen LogP contribution in [0.5, 0.6) is 0 Å². The molecule has 0 saturated carbocycles. The predicted octanol–water partition coefficient (Wildman–Crippen LogP) is 3.09. The Hall–Kier alpha value is -3.68. The van der Waals surface area contributed by atoms with Gasteiger partial charge >= 0.3 is 6.03 Å². The van der Waals surface area contributed by atoms with Crippen LogP contribution in [-0.2, 0) is 34.5 Å². The lowest BCUT2D eigenvalue weighted by molar-refractivity contribution is -0.134. The summed E-state index contributed by atoms with van der Waals surface area (Å²) in [6.45, 7) is 0.640. The molecule has 1 unspecified atom stereocenters. The summed E-state index contributed by atoms with van der Waals surface area (Å²) in [4.78, 5) is 44.5. The van der Waals surface area contributed by atoms with Gasteiger partial charge in [0.05, 0.1) is 11.0 Å². The number of anilines is 1. The van der Waals surface area contributed by atoms with Gasteiger partial charge < -0.3 is 15.2 Å². The highest BCUT2D eigenvalue weighted by Crippen LogP contribution is 2.41. The Morgan fingerprint density at radius 1 is 1.09 bits per heavy atom. The Labute approximate surface area is 191 Å². The van der Waals surface area contributed by atoms with E-state index in [1.807, 2.05) is 42.5 Å². The van der Waals surface area contributed by atoms with Gasteiger partial charge in [0.2, 0.25) is 5.91 Å². The maximum absolute atomic E-state index is 13.3. The quantitative estimate of drug-likeness (QED) is 0.608. The van der Waals surface area contributed by atoms with Crippen molar-refractivity contribution in [1.82, 2.24) is 19.8 Å². The van der Waals surface area contributed by atoms with Crippen molar-refractivity contribution in [2.75, 3.05) is 11.9 Å². The fourth-order valence-corrected chi connectivity index (χ4v) is 5.50. The Bertz CT molecular complexity index is 1310. The number of nitrogens with zero attached hydrogens (tertiary/aromatic N) is 3. The number of rotatable bonds is 3. The van der Waals surface area contributed by atoms with Gasteiger partial charge in [-0.05, 0) is 55.0 Å². The second-order valence-electron chi connectivity index (χ2n) is 9.13. The van der Waals surface area contributed by atoms with E-state index in [4.69, 9.17) is 4.98 Å². The van der Waals surface area contributed by atoms with Crippen LogP contribution in [0.2, 0.25) is 0 Å². The number of aryl methyl sites for hydroxylation is 3. The minimum Gasteiger partial charge on any atom is -0.328 e. The SMILES string of the molecule is O=C(CN1C(=O)NC2(CCc3ccccc32)C1=O)Nc1ccc2c(c1)nc1n2CCCCC1. The number of aromatic nitrogens is 2. The van der Waals surface area contributed by atoms with Crippen molar-refractivity contribution in [2.45, 2.75) is 50.6 Å². The van der Waals surface area contributed by atoms with Crippen molar-refractivity contribution in [3.8, 4) is 0 Å². The molecule has 2 N–H and O–H groups in total. The monoisotopic (exact) mass is 443 g/mol. The first-order chi connectivity index (χ1) is 16.0. The number of hydrogen-bond acceptors (Lipinski definition) is 4. The lowest BCUT2D eigenvalue weighted by Crippen LogP contribution is -2.42. The molecule has 168 valence electrons. The molecule has 6 rings (SSSR count). The molecule has 8 heteroatoms. The van der Waals surface area contributed by atoms with E-state index in [1.54, 1.807) is 0 Å². The number of imidazole rings is 1. The van der Waals surface area contributed by atoms with Crippen LogP contribution in [0.25, 0.3) is 11.0 Å². The average molecular weight is 444 g/mol. The van der Waals surface area contributed by atoms with Crippen LogP contribution in [0.15, 0.2) is 42.5 Å². The van der Waals surface area contributed by atoms with Crippen LogP contribution in [-0.4, -0.2) is 38.8 Å². The number of imide groups is 1. The van der Waals surface area contributed by atoms with Crippen molar-refractivity contribution < 1.29 is 14.4 Å². The van der Waals surface area contributed by atoms with Crippen LogP contribution in [0.3, 0.4) is 0 Å². The molecule has 2 aromatic carbocycles. The van der Waals surface area contributed by atoms with E-state index in [0.717, 1.165) is 65.1 Å². The molecule has 1 aromatic heterocycles. The molecule has 0 bridgehead atoms. The molecule has 2 aliphatic heterocycles. The zero-order valence-electron chi connectivity index (χ0n) is 18.3. The summed E-state index contributed by atoms with van der Waals surface area (Å²) in [5, 5.41) is 5.69. The van der Waals surface area contributed by atoms with E-state index in [0.29, 0.717) is 12.1 Å². The molecule has 1 aliphatic carbocycles. The van der Waals surface area contributed by atoms with E-state index in [1.165, 1.54) is 6.42 Å². The minimum atomic E-state index is -1.05. The van der Waals surface area contributed by atoms with E-state index in [2.05, 4.69) is 15.2 Å². The first kappa shape index (κ1) is 20.0. The highest BCUT2D eigenvalue weighted by molar-refractivity contribution is 6.11. The highest BCUT2D eigenvalue weighted by atomic mass is 16.2. The molecule has 4 amide bonds. The van der Waals surface area contributed by atoms with Gasteiger partial charge in [-0.1, -0.05) is 30.7 Å². The van der Waals surface area contributed by atoms with Gasteiger partial charge in [0, 0.05) is 18.7 Å². The number of carbonyl (C=O) groups is 3. The standard InChI is InChI=1S/C25H25N5O3/c31-22(26-17-9-10-20-19(14-17)27-21-8-2-1-5-13-29(20)21)15-30-23(32)25(28-24(30)33)12-11-16-6-3-4-7-18(16)25/h3-4,6-7,9-10,14H,1-2,5,8,11-13,15H2,(H,26,31)(H,28,33). The number of amides is 4. The van der Waals surface area contributed by atoms with Crippen LogP contribution >= 0.6 is 0 Å². The summed E-state index contributed by atoms with van der Waals surface area (Å²) >= 11 is 0. The predicted molar refractivity (Wildman–Crippen MR) is 123 cm³/mol. The summed E-state index contributed by atoms with van der Waals surface area (Å²) in [6.07, 6.45) is 5.70. The van der Waals surface area contributed by atoms with E-state index < -0.39 is 17.5 Å². The van der Waals surface area contributed by atoms with Crippen LogP contribution in [0.1, 0.15) is 42.6 Å². The maximum Gasteiger partial charge on any atom is 0.325 e. The van der Waals surface area contributed by atoms with Gasteiger partial charge in [-0.2, -0.15) is 0 Å². The average Bonchev–Trinajstić information content (AvgIpc) is 3.35. The fourth-order valence-electron chi connectivity index (χ4n) is 5.50. The molecule has 1 spiro atoms. The zero-order valence-corrected chi connectivity index (χ0v) is 18.3. The summed E-state index contributed by atoms with van der Waals surface area (Å²) in [5.74, 6) is 0.315. The van der Waals surface area contributed by atoms with E-state index in [-0.39, 0.29) is 12.5 Å². The van der Waals surface area contributed by atoms with Gasteiger partial charge in [-0.15, -0.1) is 0 Å². The van der Waals surface area contributed by atoms with Gasteiger partial charge in [0.25, 0.3) is 5.91 Å². The molecule has 3 aliphatic rings. The van der Waals surface area contributed by atoms with Gasteiger partial charge in [0.15, 0.2) is 0 Å². The topological polar surface area (TPSA) is 96.3 Å². The number of fused-ring (bicyclic) bond motifs is 5. The number of nitrogens with one attached hydrogen (secondary N) is 2. The van der Waals surface area contributed by atoms with Crippen molar-refractivity contribution in [1.29, 1.82) is 0 Å². The minimum absolute atomic E-state index is 0.327. The van der Waals surface area contributed by atoms with Crippen LogP contribution in [0, 0.1) is 0 Å². The summed E-state index contributed by atoms with van der Waals surface area (Å²) < 4.78 is 2.26. The molecule has 1 saturated heterocycles. The van der Waals surface area contributed by atoms with Crippen molar-refractivity contribution >= 4 is 34.6 Å². The van der Waals surface area contributed by atoms with Crippen molar-refractivity contribution in [3.05, 3.63) is 59.4 Å². The number of carbonyl (C=O) groups excluding carboxylic acids is 3. The third-order valence-electron chi connectivity index (χ3n) is 7.12. The third kappa shape index (κ3) is 3.12. The Balaban J connectivity index is 1.19. The van der Waals surface area contributed by atoms with Gasteiger partial charge in [-0.25, -0.2) is 9.78 Å². The van der Waals surface area contributed by atoms with E-state index in [9.17, 15) is 14.4 Å². The Morgan fingerprint density at radius 3 is 2.88 bits per heavy atom. The lowest BCUT2D eigenvalue weighted by Gasteiger charge is -2.22. The Kier molecular flexibility index (Phi) is 4.50. The summed E-state index contributed by atoms with van der Waals surface area (Å²) in [7, 11) is 0. The lowest BCUT2D eigenvalue weighted by atomic mass is 9.92. The molecule has 3 heterocycles. The van der Waals surface area contributed by atoms with Crippen molar-refractivity contribution in [2.24, 2.45) is 0 Å². The number of urea groups is 1. The fraction of sp³-hybridized carbons (Fsp3) is 0.360. The third-order valence-corrected chi connectivity index (χ3v) is 7.12. The smallest absolute Gasteiger partial charge is 0.325 e. The van der Waals surface area contributed by atoms with Gasteiger partial charge in [-0.3, -0.25) is 14.5 Å². The summed E-state index contributed by atoms with van der Waals surface area (Å²) in [6, 6.07) is 12.8. The molecule has 3 aromatic rings. The summed E-state index contributed by atoms with van der Waals surface area (Å²) in [5.41, 5.74) is 3.36. The molecule has 8 nitrogen and oxygen atoms in total. The van der Waals surface area contributed by atoms with Crippen molar-refractivity contribution in [3.63, 3.8) is 0 Å². The molecular formula is C25H25N5O3. The largest absolute Gasteiger partial charge is 0.328 e. The molecule has 1 fully saturated rings. The molecular weight excluding hydrogens is 418 g/mol. The first-order valence-electron chi connectivity index (χ1n) is 11.6. The van der Waals surface area contributed by atoms with Crippen LogP contribution < -0.4 is 10.6 Å². The highest BCUT2D eigenvalue weighted by Gasteiger charge is 2.55. The van der Waals surface area contributed by atoms with E-state index >= 15 is 0 Å². The Morgan fingerprint density at radius 2 is 1.97 bits per heavy atom. The number of hydrogen-bond donors (Lipinski definition) is 2. The normalized spacial score (nSPS) is 21.8. The molecule has 33 heavy (non-hydrogen) atoms.